The van der Waals surface area contributed by atoms with Crippen LogP contribution in [0.15, 0.2) is 18.2 Å². The van der Waals surface area contributed by atoms with Crippen LogP contribution in [0.3, 0.4) is 0 Å². The Morgan fingerprint density at radius 3 is 2.71 bits per heavy atom. The summed E-state index contributed by atoms with van der Waals surface area (Å²) in [5, 5.41) is 4.86. The molecule has 21 heavy (non-hydrogen) atoms. The number of anilines is 1. The normalized spacial score (nSPS) is 22.4. The van der Waals surface area contributed by atoms with Gasteiger partial charge in [-0.3, -0.25) is 0 Å². The zero-order chi connectivity index (χ0) is 14.8. The Morgan fingerprint density at radius 2 is 2.00 bits per heavy atom. The molecule has 1 aromatic carbocycles. The van der Waals surface area contributed by atoms with Crippen LogP contribution in [0.1, 0.15) is 25.7 Å². The number of nitrogens with one attached hydrogen (secondary N) is 1. The average Bonchev–Trinajstić information content (AvgIpc) is 2.49. The third-order valence-electron chi connectivity index (χ3n) is 3.98. The molecule has 2 aromatic rings. The van der Waals surface area contributed by atoms with E-state index < -0.39 is 0 Å². The van der Waals surface area contributed by atoms with Crippen LogP contribution in [0.25, 0.3) is 10.9 Å². The van der Waals surface area contributed by atoms with Crippen LogP contribution in [0.2, 0.25) is 5.28 Å². The van der Waals surface area contributed by atoms with E-state index in [1.54, 1.807) is 7.11 Å². The molecule has 1 N–H and O–H groups in total. The van der Waals surface area contributed by atoms with Crippen molar-refractivity contribution < 1.29 is 4.74 Å². The molecule has 1 aliphatic rings. The maximum Gasteiger partial charge on any atom is 0.224 e. The molecule has 0 unspecified atom stereocenters. The van der Waals surface area contributed by atoms with Crippen molar-refractivity contribution in [3.8, 4) is 0 Å². The maximum absolute atomic E-state index is 6.04. The molecule has 0 aliphatic heterocycles. The number of ether oxygens (including phenoxy) is 1. The largest absolute Gasteiger partial charge is 0.381 e. The lowest BCUT2D eigenvalue weighted by Crippen LogP contribution is -2.29. The minimum Gasteiger partial charge on any atom is -0.381 e. The topological polar surface area (TPSA) is 47.0 Å². The maximum atomic E-state index is 6.04. The molecule has 0 spiro atoms. The predicted octanol–water partition coefficient (Wildman–Crippen LogP) is 4.26. The van der Waals surface area contributed by atoms with Crippen molar-refractivity contribution in [3.05, 3.63) is 27.1 Å². The predicted molar refractivity (Wildman–Crippen MR) is 93.9 cm³/mol. The molecule has 0 radical (unpaired) electrons. The molecule has 1 aliphatic carbocycles. The summed E-state index contributed by atoms with van der Waals surface area (Å²) in [6.45, 7) is 0. The van der Waals surface area contributed by atoms with Gasteiger partial charge in [-0.15, -0.1) is 0 Å². The molecule has 0 atom stereocenters. The number of hydrogen-bond acceptors (Lipinski definition) is 4. The van der Waals surface area contributed by atoms with Gasteiger partial charge in [-0.2, -0.15) is 0 Å². The van der Waals surface area contributed by atoms with Gasteiger partial charge in [-0.1, -0.05) is 0 Å². The highest BCUT2D eigenvalue weighted by Crippen LogP contribution is 2.28. The van der Waals surface area contributed by atoms with E-state index in [2.05, 4.69) is 43.9 Å². The van der Waals surface area contributed by atoms with Gasteiger partial charge >= 0.3 is 0 Å². The fraction of sp³-hybridized carbons (Fsp3) is 0.467. The minimum atomic E-state index is 0.289. The van der Waals surface area contributed by atoms with Gasteiger partial charge in [0.2, 0.25) is 5.28 Å². The zero-order valence-electron chi connectivity index (χ0n) is 11.8. The molecular formula is C15H17ClIN3O. The Balaban J connectivity index is 1.85. The smallest absolute Gasteiger partial charge is 0.224 e. The molecule has 0 saturated heterocycles. The number of benzene rings is 1. The minimum absolute atomic E-state index is 0.289. The molecule has 1 saturated carbocycles. The second-order valence-corrected chi connectivity index (χ2v) is 6.94. The Hall–Kier alpha value is -0.660. The summed E-state index contributed by atoms with van der Waals surface area (Å²) in [4.78, 5) is 8.67. The highest BCUT2D eigenvalue weighted by molar-refractivity contribution is 14.1. The number of nitrogens with zero attached hydrogens (tertiary/aromatic N) is 2. The average molecular weight is 418 g/mol. The quantitative estimate of drug-likeness (QED) is 0.599. The standard InChI is InChI=1S/C15H17ClIN3O/c1-21-11-5-3-10(4-6-11)18-14-12-8-9(17)2-7-13(12)19-15(16)20-14/h2,7-8,10-11H,3-6H2,1H3,(H,18,19,20)/t10-,11+. The van der Waals surface area contributed by atoms with Crippen molar-refractivity contribution in [3.63, 3.8) is 0 Å². The molecule has 4 nitrogen and oxygen atoms in total. The van der Waals surface area contributed by atoms with E-state index in [1.807, 2.05) is 12.1 Å². The molecular weight excluding hydrogens is 401 g/mol. The summed E-state index contributed by atoms with van der Waals surface area (Å²) >= 11 is 8.34. The van der Waals surface area contributed by atoms with Crippen molar-refractivity contribution in [2.24, 2.45) is 0 Å². The fourth-order valence-electron chi connectivity index (χ4n) is 2.82. The molecule has 112 valence electrons. The van der Waals surface area contributed by atoms with E-state index in [0.717, 1.165) is 46.0 Å². The molecule has 1 fully saturated rings. The van der Waals surface area contributed by atoms with Crippen LogP contribution >= 0.6 is 34.2 Å². The molecule has 3 rings (SSSR count). The zero-order valence-corrected chi connectivity index (χ0v) is 14.7. The summed E-state index contributed by atoms with van der Waals surface area (Å²) in [6.07, 6.45) is 4.75. The third kappa shape index (κ3) is 3.57. The Morgan fingerprint density at radius 1 is 1.24 bits per heavy atom. The summed E-state index contributed by atoms with van der Waals surface area (Å²) < 4.78 is 6.58. The first-order valence-corrected chi connectivity index (χ1v) is 8.53. The molecule has 1 heterocycles. The van der Waals surface area contributed by atoms with Gasteiger partial charge < -0.3 is 10.1 Å². The van der Waals surface area contributed by atoms with Crippen LogP contribution in [0, 0.1) is 3.57 Å². The van der Waals surface area contributed by atoms with Crippen molar-refractivity contribution in [2.45, 2.75) is 37.8 Å². The van der Waals surface area contributed by atoms with Gasteiger partial charge in [-0.05, 0) is 78.1 Å². The Kier molecular flexibility index (Phi) is 4.81. The lowest BCUT2D eigenvalue weighted by Gasteiger charge is -2.28. The van der Waals surface area contributed by atoms with Crippen LogP contribution in [-0.2, 0) is 4.74 Å². The lowest BCUT2D eigenvalue weighted by atomic mass is 9.93. The lowest BCUT2D eigenvalue weighted by molar-refractivity contribution is 0.0681. The second kappa shape index (κ2) is 6.62. The number of hydrogen-bond donors (Lipinski definition) is 1. The van der Waals surface area contributed by atoms with E-state index in [1.165, 1.54) is 0 Å². The van der Waals surface area contributed by atoms with Crippen molar-refractivity contribution in [1.82, 2.24) is 9.97 Å². The van der Waals surface area contributed by atoms with Crippen molar-refractivity contribution in [2.75, 3.05) is 12.4 Å². The van der Waals surface area contributed by atoms with E-state index in [4.69, 9.17) is 16.3 Å². The number of rotatable bonds is 3. The monoisotopic (exact) mass is 417 g/mol. The second-order valence-electron chi connectivity index (χ2n) is 5.36. The van der Waals surface area contributed by atoms with Crippen molar-refractivity contribution in [1.29, 1.82) is 0 Å². The van der Waals surface area contributed by atoms with E-state index in [-0.39, 0.29) is 5.28 Å². The van der Waals surface area contributed by atoms with Crippen molar-refractivity contribution >= 4 is 50.9 Å². The van der Waals surface area contributed by atoms with Gasteiger partial charge in [0, 0.05) is 22.1 Å². The summed E-state index contributed by atoms with van der Waals surface area (Å²) in [7, 11) is 1.79. The van der Waals surface area contributed by atoms with Crippen LogP contribution in [0.4, 0.5) is 5.82 Å². The number of methoxy groups -OCH3 is 1. The first kappa shape index (κ1) is 15.2. The summed E-state index contributed by atoms with van der Waals surface area (Å²) in [6, 6.07) is 6.52. The van der Waals surface area contributed by atoms with E-state index in [0.29, 0.717) is 12.1 Å². The van der Waals surface area contributed by atoms with E-state index >= 15 is 0 Å². The number of fused-ring (bicyclic) bond motifs is 1. The number of aromatic nitrogens is 2. The summed E-state index contributed by atoms with van der Waals surface area (Å²) in [5.74, 6) is 0.837. The first-order valence-electron chi connectivity index (χ1n) is 7.08. The van der Waals surface area contributed by atoms with Gasteiger partial charge in [0.15, 0.2) is 0 Å². The fourth-order valence-corrected chi connectivity index (χ4v) is 3.49. The summed E-state index contributed by atoms with van der Waals surface area (Å²) in [5.41, 5.74) is 0.878. The SMILES string of the molecule is CO[C@H]1CC[C@@H](Nc2nc(Cl)nc3ccc(I)cc23)CC1. The molecule has 0 bridgehead atoms. The third-order valence-corrected chi connectivity index (χ3v) is 4.82. The van der Waals surface area contributed by atoms with Crippen LogP contribution in [-0.4, -0.2) is 29.2 Å². The molecule has 1 aromatic heterocycles. The van der Waals surface area contributed by atoms with Gasteiger partial charge in [0.25, 0.3) is 0 Å². The van der Waals surface area contributed by atoms with Gasteiger partial charge in [-0.25, -0.2) is 9.97 Å². The molecule has 6 heteroatoms. The van der Waals surface area contributed by atoms with E-state index in [9.17, 15) is 0 Å². The highest BCUT2D eigenvalue weighted by Gasteiger charge is 2.21. The first-order chi connectivity index (χ1) is 10.2. The van der Waals surface area contributed by atoms with Gasteiger partial charge in [0.1, 0.15) is 5.82 Å². The Bertz CT molecular complexity index is 644. The van der Waals surface area contributed by atoms with Gasteiger partial charge in [0.05, 0.1) is 11.6 Å². The van der Waals surface area contributed by atoms with Crippen LogP contribution in [0.5, 0.6) is 0 Å². The van der Waals surface area contributed by atoms with Crippen LogP contribution < -0.4 is 5.32 Å². The number of halogens is 2. The molecule has 0 amide bonds. The Labute approximate surface area is 142 Å². The highest BCUT2D eigenvalue weighted by atomic mass is 127.